The fourth-order valence-electron chi connectivity index (χ4n) is 2.63. The van der Waals surface area contributed by atoms with Gasteiger partial charge in [0.25, 0.3) is 5.91 Å². The Balaban J connectivity index is 1.85. The van der Waals surface area contributed by atoms with Crippen molar-refractivity contribution >= 4 is 35.0 Å². The molecule has 3 aromatic rings. The highest BCUT2D eigenvalue weighted by Gasteiger charge is 2.16. The molecule has 0 radical (unpaired) electrons. The van der Waals surface area contributed by atoms with Crippen molar-refractivity contribution in [2.45, 2.75) is 30.7 Å². The molecule has 0 aliphatic rings. The highest BCUT2D eigenvalue weighted by atomic mass is 32.2. The van der Waals surface area contributed by atoms with Crippen molar-refractivity contribution in [2.75, 3.05) is 10.6 Å². The lowest BCUT2D eigenvalue weighted by atomic mass is 10.1. The molecular weight excluding hydrogens is 389 g/mol. The van der Waals surface area contributed by atoms with Crippen LogP contribution in [0.4, 0.5) is 15.8 Å². The van der Waals surface area contributed by atoms with Gasteiger partial charge >= 0.3 is 0 Å². The quantitative estimate of drug-likeness (QED) is 0.608. The summed E-state index contributed by atoms with van der Waals surface area (Å²) in [5.74, 6) is -1.36. The summed E-state index contributed by atoms with van der Waals surface area (Å²) in [4.78, 5) is 29.3. The van der Waals surface area contributed by atoms with Gasteiger partial charge in [0.15, 0.2) is 0 Å². The minimum absolute atomic E-state index is 0.0211. The predicted molar refractivity (Wildman–Crippen MR) is 113 cm³/mol. The molecule has 0 spiro atoms. The highest BCUT2D eigenvalue weighted by Crippen LogP contribution is 2.30. The van der Waals surface area contributed by atoms with E-state index < -0.39 is 11.7 Å². The molecule has 1 heterocycles. The Morgan fingerprint density at radius 2 is 1.79 bits per heavy atom. The molecule has 2 amide bonds. The summed E-state index contributed by atoms with van der Waals surface area (Å²) in [6.07, 6.45) is 1.61. The van der Waals surface area contributed by atoms with Gasteiger partial charge in [-0.25, -0.2) is 9.37 Å². The SMILES string of the molecule is CC(=O)Nc1ccc(F)c(NC(=O)c2cccnc2Sc2ccc(C)c(C)c2)c1. The third-order valence-corrected chi connectivity index (χ3v) is 5.25. The number of pyridine rings is 1. The Kier molecular flexibility index (Phi) is 6.29. The van der Waals surface area contributed by atoms with Crippen molar-refractivity contribution in [3.05, 3.63) is 77.2 Å². The predicted octanol–water partition coefficient (Wildman–Crippen LogP) is 5.20. The number of nitrogens with zero attached hydrogens (tertiary/aromatic N) is 1. The fraction of sp³-hybridized carbons (Fsp3) is 0.136. The average molecular weight is 409 g/mol. The lowest BCUT2D eigenvalue weighted by Crippen LogP contribution is -2.15. The molecule has 0 bridgehead atoms. The van der Waals surface area contributed by atoms with Crippen LogP contribution in [-0.4, -0.2) is 16.8 Å². The minimum Gasteiger partial charge on any atom is -0.326 e. The third kappa shape index (κ3) is 5.20. The Bertz CT molecular complexity index is 1090. The first-order valence-electron chi connectivity index (χ1n) is 8.92. The second-order valence-electron chi connectivity index (χ2n) is 6.53. The molecule has 0 aliphatic carbocycles. The molecule has 0 atom stereocenters. The van der Waals surface area contributed by atoms with Crippen molar-refractivity contribution in [3.8, 4) is 0 Å². The number of amides is 2. The van der Waals surface area contributed by atoms with E-state index in [1.54, 1.807) is 18.3 Å². The van der Waals surface area contributed by atoms with E-state index in [-0.39, 0.29) is 11.6 Å². The Morgan fingerprint density at radius 1 is 1.00 bits per heavy atom. The number of aromatic nitrogens is 1. The number of aryl methyl sites for hydroxylation is 2. The lowest BCUT2D eigenvalue weighted by Gasteiger charge is -2.11. The van der Waals surface area contributed by atoms with Crippen molar-refractivity contribution in [2.24, 2.45) is 0 Å². The molecule has 0 aliphatic heterocycles. The Morgan fingerprint density at radius 3 is 2.52 bits per heavy atom. The van der Waals surface area contributed by atoms with Crippen LogP contribution in [0.3, 0.4) is 0 Å². The number of nitrogens with one attached hydrogen (secondary N) is 2. The molecule has 0 unspecified atom stereocenters. The smallest absolute Gasteiger partial charge is 0.258 e. The number of rotatable bonds is 5. The van der Waals surface area contributed by atoms with Crippen molar-refractivity contribution in [3.63, 3.8) is 0 Å². The molecule has 1 aromatic heterocycles. The van der Waals surface area contributed by atoms with Crippen LogP contribution in [0.2, 0.25) is 0 Å². The maximum atomic E-state index is 14.2. The van der Waals surface area contributed by atoms with Crippen LogP contribution in [0.25, 0.3) is 0 Å². The third-order valence-electron chi connectivity index (χ3n) is 4.24. The standard InChI is InChI=1S/C22H20FN3O2S/c1-13-6-8-17(11-14(13)2)29-22-18(5-4-10-24-22)21(28)26-20-12-16(25-15(3)27)7-9-19(20)23/h4-12H,1-3H3,(H,25,27)(H,26,28). The van der Waals surface area contributed by atoms with Crippen molar-refractivity contribution in [1.29, 1.82) is 0 Å². The van der Waals surface area contributed by atoms with Crippen LogP contribution in [0.5, 0.6) is 0 Å². The van der Waals surface area contributed by atoms with E-state index in [1.165, 1.54) is 42.4 Å². The largest absolute Gasteiger partial charge is 0.326 e. The number of carbonyl (C=O) groups is 2. The molecule has 0 fully saturated rings. The summed E-state index contributed by atoms with van der Waals surface area (Å²) in [5.41, 5.74) is 3.04. The number of hydrogen-bond donors (Lipinski definition) is 2. The number of carbonyl (C=O) groups excluding carboxylic acids is 2. The van der Waals surface area contributed by atoms with Gasteiger partial charge in [-0.3, -0.25) is 9.59 Å². The van der Waals surface area contributed by atoms with Crippen LogP contribution >= 0.6 is 11.8 Å². The number of anilines is 2. The van der Waals surface area contributed by atoms with E-state index in [1.807, 2.05) is 32.0 Å². The second-order valence-corrected chi connectivity index (χ2v) is 7.60. The Labute approximate surface area is 172 Å². The first kappa shape index (κ1) is 20.5. The fourth-order valence-corrected chi connectivity index (χ4v) is 3.61. The van der Waals surface area contributed by atoms with Gasteiger partial charge in [0, 0.05) is 23.7 Å². The molecule has 148 valence electrons. The van der Waals surface area contributed by atoms with Gasteiger partial charge in [-0.15, -0.1) is 0 Å². The van der Waals surface area contributed by atoms with Crippen molar-refractivity contribution in [1.82, 2.24) is 4.98 Å². The summed E-state index contributed by atoms with van der Waals surface area (Å²) in [6.45, 7) is 5.41. The zero-order chi connectivity index (χ0) is 21.0. The summed E-state index contributed by atoms with van der Waals surface area (Å²) in [7, 11) is 0. The zero-order valence-electron chi connectivity index (χ0n) is 16.2. The molecular formula is C22H20FN3O2S. The average Bonchev–Trinajstić information content (AvgIpc) is 2.67. The molecule has 0 saturated heterocycles. The maximum absolute atomic E-state index is 14.2. The van der Waals surface area contributed by atoms with Crippen LogP contribution < -0.4 is 10.6 Å². The molecule has 7 heteroatoms. The van der Waals surface area contributed by atoms with Gasteiger partial charge in [-0.2, -0.15) is 0 Å². The van der Waals surface area contributed by atoms with Crippen LogP contribution in [-0.2, 0) is 4.79 Å². The van der Waals surface area contributed by atoms with E-state index in [0.717, 1.165) is 10.5 Å². The highest BCUT2D eigenvalue weighted by molar-refractivity contribution is 7.99. The summed E-state index contributed by atoms with van der Waals surface area (Å²) < 4.78 is 14.2. The van der Waals surface area contributed by atoms with Crippen molar-refractivity contribution < 1.29 is 14.0 Å². The lowest BCUT2D eigenvalue weighted by molar-refractivity contribution is -0.114. The van der Waals surface area contributed by atoms with Gasteiger partial charge in [0.05, 0.1) is 11.3 Å². The molecule has 2 aromatic carbocycles. The van der Waals surface area contributed by atoms with E-state index in [0.29, 0.717) is 16.3 Å². The van der Waals surface area contributed by atoms with E-state index in [2.05, 4.69) is 15.6 Å². The summed E-state index contributed by atoms with van der Waals surface area (Å²) in [5, 5.41) is 5.65. The molecule has 0 saturated carbocycles. The first-order valence-corrected chi connectivity index (χ1v) is 9.74. The summed E-state index contributed by atoms with van der Waals surface area (Å²) >= 11 is 1.37. The second kappa shape index (κ2) is 8.87. The number of benzene rings is 2. The topological polar surface area (TPSA) is 71.1 Å². The first-order chi connectivity index (χ1) is 13.8. The Hall–Kier alpha value is -3.19. The summed E-state index contributed by atoms with van der Waals surface area (Å²) in [6, 6.07) is 13.3. The minimum atomic E-state index is -0.597. The van der Waals surface area contributed by atoms with Gasteiger partial charge in [-0.1, -0.05) is 17.8 Å². The normalized spacial score (nSPS) is 10.5. The van der Waals surface area contributed by atoms with Crippen LogP contribution in [0, 0.1) is 19.7 Å². The molecule has 2 N–H and O–H groups in total. The van der Waals surface area contributed by atoms with E-state index >= 15 is 0 Å². The maximum Gasteiger partial charge on any atom is 0.258 e. The van der Waals surface area contributed by atoms with Crippen LogP contribution in [0.1, 0.15) is 28.4 Å². The van der Waals surface area contributed by atoms with Gasteiger partial charge in [-0.05, 0) is 67.4 Å². The van der Waals surface area contributed by atoms with Gasteiger partial charge < -0.3 is 10.6 Å². The zero-order valence-corrected chi connectivity index (χ0v) is 17.1. The molecule has 3 rings (SSSR count). The van der Waals surface area contributed by atoms with Gasteiger partial charge in [0.1, 0.15) is 10.8 Å². The monoisotopic (exact) mass is 409 g/mol. The van der Waals surface area contributed by atoms with E-state index in [9.17, 15) is 14.0 Å². The molecule has 5 nitrogen and oxygen atoms in total. The number of hydrogen-bond acceptors (Lipinski definition) is 4. The molecule has 29 heavy (non-hydrogen) atoms. The van der Waals surface area contributed by atoms with Gasteiger partial charge in [0.2, 0.25) is 5.91 Å². The van der Waals surface area contributed by atoms with Crippen LogP contribution in [0.15, 0.2) is 64.6 Å². The number of halogens is 1. The van der Waals surface area contributed by atoms with E-state index in [4.69, 9.17) is 0 Å².